The Bertz CT molecular complexity index is 424. The zero-order chi connectivity index (χ0) is 10.7. The van der Waals surface area contributed by atoms with Gasteiger partial charge >= 0.3 is 0 Å². The fourth-order valence-electron chi connectivity index (χ4n) is 0.959. The average Bonchev–Trinajstić information content (AvgIpc) is 2.16. The summed E-state index contributed by atoms with van der Waals surface area (Å²) in [5, 5.41) is 36.7. The molecule has 3 N–H and O–H groups in total. The second-order valence-electron chi connectivity index (χ2n) is 2.33. The molecule has 0 unspecified atom stereocenters. The van der Waals surface area contributed by atoms with E-state index in [1.54, 1.807) is 0 Å². The van der Waals surface area contributed by atoms with Crippen LogP contribution in [0.5, 0.6) is 5.75 Å². The number of hydrogen-bond acceptors (Lipinski definition) is 6. The molecule has 0 aromatic heterocycles. The van der Waals surface area contributed by atoms with E-state index in [1.165, 1.54) is 11.5 Å². The van der Waals surface area contributed by atoms with Gasteiger partial charge in [0.2, 0.25) is 0 Å². The molecule has 1 rings (SSSR count). The fraction of sp³-hybridized carbons (Fsp3) is 0. The number of phenols is 1. The first-order valence-corrected chi connectivity index (χ1v) is 3.42. The topological polar surface area (TPSA) is 119 Å². The van der Waals surface area contributed by atoms with Crippen molar-refractivity contribution >= 4 is 11.4 Å². The van der Waals surface area contributed by atoms with Crippen molar-refractivity contribution in [2.75, 3.05) is 5.48 Å². The van der Waals surface area contributed by atoms with Crippen molar-refractivity contribution in [3.8, 4) is 11.8 Å². The highest BCUT2D eigenvalue weighted by molar-refractivity contribution is 5.71. The van der Waals surface area contributed by atoms with E-state index in [9.17, 15) is 10.1 Å². The Balaban J connectivity index is 3.50. The first-order chi connectivity index (χ1) is 6.61. The lowest BCUT2D eigenvalue weighted by molar-refractivity contribution is -0.385. The lowest BCUT2D eigenvalue weighted by Crippen LogP contribution is -1.98. The molecule has 7 nitrogen and oxygen atoms in total. The fourth-order valence-corrected chi connectivity index (χ4v) is 0.959. The molecule has 0 saturated carbocycles. The maximum Gasteiger partial charge on any atom is 0.289 e. The Kier molecular flexibility index (Phi) is 2.50. The number of nitro groups is 1. The van der Waals surface area contributed by atoms with Crippen molar-refractivity contribution in [3.05, 3.63) is 27.8 Å². The van der Waals surface area contributed by atoms with E-state index in [1.807, 2.05) is 0 Å². The van der Waals surface area contributed by atoms with Gasteiger partial charge in [-0.2, -0.15) is 5.26 Å². The van der Waals surface area contributed by atoms with Crippen molar-refractivity contribution in [2.45, 2.75) is 0 Å². The molecule has 0 saturated heterocycles. The second-order valence-corrected chi connectivity index (χ2v) is 2.33. The van der Waals surface area contributed by atoms with Crippen molar-refractivity contribution in [3.63, 3.8) is 0 Å². The van der Waals surface area contributed by atoms with E-state index in [0.29, 0.717) is 0 Å². The summed E-state index contributed by atoms with van der Waals surface area (Å²) in [7, 11) is 0. The molecule has 7 heteroatoms. The van der Waals surface area contributed by atoms with E-state index >= 15 is 0 Å². The van der Waals surface area contributed by atoms with Crippen LogP contribution in [0.1, 0.15) is 5.56 Å². The van der Waals surface area contributed by atoms with Gasteiger partial charge in [0.15, 0.2) is 5.56 Å². The minimum atomic E-state index is -0.779. The summed E-state index contributed by atoms with van der Waals surface area (Å²) in [4.78, 5) is 9.64. The van der Waals surface area contributed by atoms with Gasteiger partial charge in [0, 0.05) is 6.07 Å². The lowest BCUT2D eigenvalue weighted by atomic mass is 10.1. The third-order valence-corrected chi connectivity index (χ3v) is 1.58. The quantitative estimate of drug-likeness (QED) is 0.367. The van der Waals surface area contributed by atoms with Gasteiger partial charge in [0.05, 0.1) is 4.92 Å². The van der Waals surface area contributed by atoms with Gasteiger partial charge in [-0.1, -0.05) is 0 Å². The Morgan fingerprint density at radius 1 is 1.57 bits per heavy atom. The SMILES string of the molecule is N#Cc1c([N+](=O)[O-])ccc(O)c1NO. The summed E-state index contributed by atoms with van der Waals surface area (Å²) < 4.78 is 0. The van der Waals surface area contributed by atoms with Gasteiger partial charge in [0.1, 0.15) is 17.5 Å². The molecular formula is C7H5N3O4. The third-order valence-electron chi connectivity index (χ3n) is 1.58. The molecule has 0 amide bonds. The number of phenolic OH excluding ortho intramolecular Hbond substituents is 1. The highest BCUT2D eigenvalue weighted by atomic mass is 16.6. The number of nitro benzene ring substituents is 1. The molecule has 0 atom stereocenters. The molecule has 0 aliphatic carbocycles. The van der Waals surface area contributed by atoms with Crippen molar-refractivity contribution in [1.29, 1.82) is 5.26 Å². The number of rotatable bonds is 2. The van der Waals surface area contributed by atoms with Crippen LogP contribution in [0.3, 0.4) is 0 Å². The molecule has 0 aliphatic heterocycles. The Morgan fingerprint density at radius 3 is 2.64 bits per heavy atom. The predicted molar refractivity (Wildman–Crippen MR) is 44.9 cm³/mol. The zero-order valence-corrected chi connectivity index (χ0v) is 6.76. The molecule has 0 fully saturated rings. The monoisotopic (exact) mass is 195 g/mol. The number of hydrogen-bond donors (Lipinski definition) is 3. The van der Waals surface area contributed by atoms with E-state index in [2.05, 4.69) is 0 Å². The molecule has 0 radical (unpaired) electrons. The van der Waals surface area contributed by atoms with E-state index in [0.717, 1.165) is 12.1 Å². The summed E-state index contributed by atoms with van der Waals surface area (Å²) in [6.07, 6.45) is 0. The van der Waals surface area contributed by atoms with Gasteiger partial charge in [-0.15, -0.1) is 0 Å². The van der Waals surface area contributed by atoms with Gasteiger partial charge in [-0.05, 0) is 6.07 Å². The number of aromatic hydroxyl groups is 1. The molecule has 1 aromatic carbocycles. The van der Waals surface area contributed by atoms with E-state index in [-0.39, 0.29) is 5.69 Å². The molecule has 14 heavy (non-hydrogen) atoms. The Morgan fingerprint density at radius 2 is 2.21 bits per heavy atom. The third kappa shape index (κ3) is 1.41. The van der Waals surface area contributed by atoms with Crippen LogP contribution in [0.15, 0.2) is 12.1 Å². The molecule has 0 spiro atoms. The minimum Gasteiger partial charge on any atom is -0.506 e. The van der Waals surface area contributed by atoms with Crippen molar-refractivity contribution < 1.29 is 15.2 Å². The Hall–Kier alpha value is -2.33. The summed E-state index contributed by atoms with van der Waals surface area (Å²) in [5.74, 6) is -0.436. The summed E-state index contributed by atoms with van der Waals surface area (Å²) in [6.45, 7) is 0. The zero-order valence-electron chi connectivity index (χ0n) is 6.76. The summed E-state index contributed by atoms with van der Waals surface area (Å²) in [6, 6.07) is 3.51. The van der Waals surface area contributed by atoms with Crippen LogP contribution in [0.2, 0.25) is 0 Å². The van der Waals surface area contributed by atoms with Crippen LogP contribution in [0.25, 0.3) is 0 Å². The molecule has 1 aromatic rings. The average molecular weight is 195 g/mol. The number of anilines is 1. The van der Waals surface area contributed by atoms with Gasteiger partial charge in [-0.3, -0.25) is 20.8 Å². The van der Waals surface area contributed by atoms with Gasteiger partial charge in [-0.25, -0.2) is 0 Å². The number of benzene rings is 1. The van der Waals surface area contributed by atoms with Crippen LogP contribution >= 0.6 is 0 Å². The van der Waals surface area contributed by atoms with Crippen LogP contribution in [-0.2, 0) is 0 Å². The standard InChI is InChI=1S/C7H5N3O4/c8-3-4-5(10(13)14)1-2-6(11)7(4)9-12/h1-2,9,11-12H. The maximum atomic E-state index is 10.4. The Labute approximate surface area is 77.9 Å². The van der Waals surface area contributed by atoms with Gasteiger partial charge in [0.25, 0.3) is 5.69 Å². The van der Waals surface area contributed by atoms with Crippen LogP contribution in [0, 0.1) is 21.4 Å². The lowest BCUT2D eigenvalue weighted by Gasteiger charge is -2.04. The van der Waals surface area contributed by atoms with Crippen molar-refractivity contribution in [2.24, 2.45) is 0 Å². The maximum absolute atomic E-state index is 10.4. The molecule has 0 heterocycles. The van der Waals surface area contributed by atoms with Crippen LogP contribution < -0.4 is 5.48 Å². The smallest absolute Gasteiger partial charge is 0.289 e. The number of nitrogens with one attached hydrogen (secondary N) is 1. The highest BCUT2D eigenvalue weighted by Crippen LogP contribution is 2.32. The highest BCUT2D eigenvalue weighted by Gasteiger charge is 2.20. The molecule has 0 aliphatic rings. The normalized spacial score (nSPS) is 9.14. The van der Waals surface area contributed by atoms with Gasteiger partial charge < -0.3 is 5.11 Å². The largest absolute Gasteiger partial charge is 0.506 e. The predicted octanol–water partition coefficient (Wildman–Crippen LogP) is 0.973. The summed E-state index contributed by atoms with van der Waals surface area (Å²) in [5.41, 5.74) is 0.256. The molecule has 72 valence electrons. The van der Waals surface area contributed by atoms with Crippen molar-refractivity contribution in [1.82, 2.24) is 0 Å². The minimum absolute atomic E-state index is 0.373. The van der Waals surface area contributed by atoms with E-state index in [4.69, 9.17) is 15.6 Å². The van der Waals surface area contributed by atoms with E-state index < -0.39 is 21.9 Å². The number of nitrogens with zero attached hydrogens (tertiary/aromatic N) is 2. The van der Waals surface area contributed by atoms with Crippen LogP contribution in [-0.4, -0.2) is 15.2 Å². The number of nitriles is 1. The molecular weight excluding hydrogens is 190 g/mol. The first-order valence-electron chi connectivity index (χ1n) is 3.42. The summed E-state index contributed by atoms with van der Waals surface area (Å²) >= 11 is 0. The van der Waals surface area contributed by atoms with Crippen LogP contribution in [0.4, 0.5) is 11.4 Å². The second kappa shape index (κ2) is 3.59. The first kappa shape index (κ1) is 9.76. The molecule has 0 bridgehead atoms.